The van der Waals surface area contributed by atoms with Gasteiger partial charge in [-0.1, -0.05) is 12.1 Å². The molecular weight excluding hydrogens is 219 g/mol. The van der Waals surface area contributed by atoms with E-state index in [1.54, 1.807) is 12.4 Å². The molecule has 2 heterocycles. The lowest BCUT2D eigenvalue weighted by molar-refractivity contribution is 0.191. The maximum absolute atomic E-state index is 13.1. The van der Waals surface area contributed by atoms with Crippen molar-refractivity contribution in [3.63, 3.8) is 0 Å². The van der Waals surface area contributed by atoms with Gasteiger partial charge in [-0.3, -0.25) is 0 Å². The molecule has 0 unspecified atom stereocenters. The lowest BCUT2D eigenvalue weighted by atomic mass is 10.1. The summed E-state index contributed by atoms with van der Waals surface area (Å²) in [7, 11) is 1.93. The second-order valence-electron chi connectivity index (χ2n) is 3.94. The van der Waals surface area contributed by atoms with Crippen LogP contribution >= 0.6 is 0 Å². The van der Waals surface area contributed by atoms with Gasteiger partial charge in [-0.15, -0.1) is 0 Å². The fraction of sp³-hybridized carbons (Fsp3) is 0.167. The second-order valence-corrected chi connectivity index (χ2v) is 3.94. The van der Waals surface area contributed by atoms with E-state index in [1.807, 2.05) is 29.2 Å². The number of amidine groups is 1. The molecule has 0 atom stereocenters. The molecule has 1 aromatic carbocycles. The van der Waals surface area contributed by atoms with E-state index in [9.17, 15) is 4.39 Å². The van der Waals surface area contributed by atoms with Crippen LogP contribution in [-0.4, -0.2) is 35.9 Å². The summed E-state index contributed by atoms with van der Waals surface area (Å²) < 4.78 is 13.1. The van der Waals surface area contributed by atoms with Crippen LogP contribution in [0.1, 0.15) is 5.56 Å². The molecule has 0 fully saturated rings. The van der Waals surface area contributed by atoms with Gasteiger partial charge in [-0.2, -0.15) is 5.01 Å². The Labute approximate surface area is 98.4 Å². The first kappa shape index (κ1) is 10.2. The van der Waals surface area contributed by atoms with Gasteiger partial charge in [-0.05, 0) is 12.1 Å². The summed E-state index contributed by atoms with van der Waals surface area (Å²) in [6, 6.07) is 6.40. The number of hydrogen-bond acceptors (Lipinski definition) is 4. The molecule has 0 saturated carbocycles. The molecule has 0 radical (unpaired) electrons. The maximum atomic E-state index is 13.1. The van der Waals surface area contributed by atoms with Crippen LogP contribution in [0.25, 0.3) is 5.70 Å². The van der Waals surface area contributed by atoms with Crippen molar-refractivity contribution < 1.29 is 4.39 Å². The molecule has 0 bridgehead atoms. The summed E-state index contributed by atoms with van der Waals surface area (Å²) in [6.07, 6.45) is 3.56. The number of fused-ring (bicyclic) bond motifs is 1. The van der Waals surface area contributed by atoms with Gasteiger partial charge in [0, 0.05) is 18.7 Å². The average Bonchev–Trinajstić information content (AvgIpc) is 2.71. The summed E-state index contributed by atoms with van der Waals surface area (Å²) in [5.74, 6) is 0.577. The van der Waals surface area contributed by atoms with Crippen LogP contribution in [0.3, 0.4) is 0 Å². The minimum absolute atomic E-state index is 0.258. The summed E-state index contributed by atoms with van der Waals surface area (Å²) in [4.78, 5) is 8.65. The fourth-order valence-electron chi connectivity index (χ4n) is 1.83. The fourth-order valence-corrected chi connectivity index (χ4v) is 1.83. The Hall–Kier alpha value is -2.01. The minimum atomic E-state index is -0.258. The Morgan fingerprint density at radius 2 is 2.24 bits per heavy atom. The molecule has 0 saturated heterocycles. The van der Waals surface area contributed by atoms with Crippen LogP contribution in [0.5, 0.6) is 0 Å². The normalized spacial score (nSPS) is 19.1. The lowest BCUT2D eigenvalue weighted by Crippen LogP contribution is -2.38. The van der Waals surface area contributed by atoms with Crippen molar-refractivity contribution in [1.29, 1.82) is 0 Å². The molecule has 0 aromatic heterocycles. The average molecular weight is 230 g/mol. The molecule has 1 aromatic rings. The zero-order chi connectivity index (χ0) is 11.8. The van der Waals surface area contributed by atoms with Crippen molar-refractivity contribution in [3.8, 4) is 0 Å². The molecule has 0 aliphatic carbocycles. The predicted molar refractivity (Wildman–Crippen MR) is 64.8 cm³/mol. The number of hydrazine groups is 1. The molecular formula is C12H11FN4. The van der Waals surface area contributed by atoms with Gasteiger partial charge in [0.15, 0.2) is 0 Å². The van der Waals surface area contributed by atoms with E-state index in [0.29, 0.717) is 6.67 Å². The number of benzene rings is 1. The number of hydrogen-bond donors (Lipinski definition) is 0. The first-order valence-corrected chi connectivity index (χ1v) is 5.30. The van der Waals surface area contributed by atoms with Gasteiger partial charge < -0.3 is 0 Å². The number of rotatable bonds is 1. The summed E-state index contributed by atoms with van der Waals surface area (Å²) >= 11 is 0. The zero-order valence-corrected chi connectivity index (χ0v) is 9.34. The van der Waals surface area contributed by atoms with Gasteiger partial charge in [0.05, 0.1) is 5.70 Å². The van der Waals surface area contributed by atoms with Crippen LogP contribution < -0.4 is 0 Å². The molecule has 0 N–H and O–H groups in total. The standard InChI is InChI=1S/C12H11FN4/c1-16-7-15-12-6-11(14-8-17(12)16)9-3-2-4-10(13)5-9/h2-6,8H,7H2,1H3. The Morgan fingerprint density at radius 1 is 1.35 bits per heavy atom. The SMILES string of the molecule is CN1CN=C2C=C(c3cccc(F)c3)N=CN21. The van der Waals surface area contributed by atoms with Crippen molar-refractivity contribution >= 4 is 17.9 Å². The smallest absolute Gasteiger partial charge is 0.147 e. The Kier molecular flexibility index (Phi) is 2.26. The highest BCUT2D eigenvalue weighted by Gasteiger charge is 2.22. The molecule has 86 valence electrons. The Morgan fingerprint density at radius 3 is 3.06 bits per heavy atom. The third-order valence-corrected chi connectivity index (χ3v) is 2.73. The van der Waals surface area contributed by atoms with E-state index in [0.717, 1.165) is 17.1 Å². The summed E-state index contributed by atoms with van der Waals surface area (Å²) in [5, 5.41) is 3.81. The van der Waals surface area contributed by atoms with Crippen molar-refractivity contribution in [1.82, 2.24) is 10.0 Å². The van der Waals surface area contributed by atoms with E-state index in [2.05, 4.69) is 9.98 Å². The van der Waals surface area contributed by atoms with E-state index < -0.39 is 0 Å². The Bertz CT molecular complexity index is 547. The number of halogens is 1. The van der Waals surface area contributed by atoms with Gasteiger partial charge in [0.1, 0.15) is 24.7 Å². The zero-order valence-electron chi connectivity index (χ0n) is 9.34. The minimum Gasteiger partial charge on any atom is -0.249 e. The summed E-state index contributed by atoms with van der Waals surface area (Å²) in [6.45, 7) is 0.619. The first-order valence-electron chi connectivity index (χ1n) is 5.30. The van der Waals surface area contributed by atoms with Crippen LogP contribution in [0.4, 0.5) is 4.39 Å². The van der Waals surface area contributed by atoms with E-state index in [1.165, 1.54) is 12.1 Å². The third kappa shape index (κ3) is 1.74. The van der Waals surface area contributed by atoms with Crippen LogP contribution in [-0.2, 0) is 0 Å². The van der Waals surface area contributed by atoms with E-state index in [4.69, 9.17) is 0 Å². The highest BCUT2D eigenvalue weighted by Crippen LogP contribution is 2.22. The molecule has 0 spiro atoms. The monoisotopic (exact) mass is 230 g/mol. The summed E-state index contributed by atoms with van der Waals surface area (Å²) in [5.41, 5.74) is 1.49. The van der Waals surface area contributed by atoms with Crippen molar-refractivity contribution in [3.05, 3.63) is 41.7 Å². The first-order chi connectivity index (χ1) is 8.24. The second kappa shape index (κ2) is 3.78. The van der Waals surface area contributed by atoms with Crippen molar-refractivity contribution in [2.45, 2.75) is 0 Å². The number of nitrogens with zero attached hydrogens (tertiary/aromatic N) is 4. The predicted octanol–water partition coefficient (Wildman–Crippen LogP) is 1.73. The molecule has 5 heteroatoms. The third-order valence-electron chi connectivity index (χ3n) is 2.73. The van der Waals surface area contributed by atoms with Gasteiger partial charge in [0.25, 0.3) is 0 Å². The highest BCUT2D eigenvalue weighted by molar-refractivity contribution is 6.08. The van der Waals surface area contributed by atoms with Crippen LogP contribution in [0, 0.1) is 5.82 Å². The topological polar surface area (TPSA) is 31.2 Å². The van der Waals surface area contributed by atoms with Crippen molar-refractivity contribution in [2.24, 2.45) is 9.98 Å². The molecule has 4 nitrogen and oxygen atoms in total. The van der Waals surface area contributed by atoms with Crippen LogP contribution in [0.2, 0.25) is 0 Å². The van der Waals surface area contributed by atoms with Crippen LogP contribution in [0.15, 0.2) is 40.3 Å². The Balaban J connectivity index is 1.97. The molecule has 2 aliphatic rings. The van der Waals surface area contributed by atoms with E-state index >= 15 is 0 Å². The molecule has 17 heavy (non-hydrogen) atoms. The maximum Gasteiger partial charge on any atom is 0.147 e. The van der Waals surface area contributed by atoms with Crippen molar-refractivity contribution in [2.75, 3.05) is 13.7 Å². The molecule has 3 rings (SSSR count). The number of aliphatic imine (C=N–C) groups is 2. The van der Waals surface area contributed by atoms with Gasteiger partial charge >= 0.3 is 0 Å². The quantitative estimate of drug-likeness (QED) is 0.735. The largest absolute Gasteiger partial charge is 0.249 e. The lowest BCUT2D eigenvalue weighted by Gasteiger charge is -2.23. The van der Waals surface area contributed by atoms with Gasteiger partial charge in [0.2, 0.25) is 0 Å². The molecule has 2 aliphatic heterocycles. The highest BCUT2D eigenvalue weighted by atomic mass is 19.1. The van der Waals surface area contributed by atoms with Gasteiger partial charge in [-0.25, -0.2) is 19.4 Å². The van der Waals surface area contributed by atoms with E-state index in [-0.39, 0.29) is 5.82 Å². The molecule has 0 amide bonds.